The summed E-state index contributed by atoms with van der Waals surface area (Å²) in [6.45, 7) is 1.96. The molecule has 2 aromatic rings. The third-order valence-electron chi connectivity index (χ3n) is 1.99. The van der Waals surface area contributed by atoms with Gasteiger partial charge in [-0.1, -0.05) is 0 Å². The lowest BCUT2D eigenvalue weighted by molar-refractivity contribution is 0.489. The molecule has 5 heteroatoms. The summed E-state index contributed by atoms with van der Waals surface area (Å²) in [5.41, 5.74) is 5.54. The summed E-state index contributed by atoms with van der Waals surface area (Å²) in [6.07, 6.45) is 3.24. The SMILES string of the molecule is CC(Nc1nccc(N)n1)c1ccco1. The summed E-state index contributed by atoms with van der Waals surface area (Å²) in [5, 5.41) is 3.09. The summed E-state index contributed by atoms with van der Waals surface area (Å²) < 4.78 is 5.25. The minimum Gasteiger partial charge on any atom is -0.467 e. The highest BCUT2D eigenvalue weighted by Crippen LogP contribution is 2.16. The maximum Gasteiger partial charge on any atom is 0.225 e. The maximum absolute atomic E-state index is 5.54. The lowest BCUT2D eigenvalue weighted by Crippen LogP contribution is -2.09. The minimum atomic E-state index is 0.0156. The normalized spacial score (nSPS) is 12.3. The molecule has 0 aliphatic heterocycles. The first kappa shape index (κ1) is 9.51. The summed E-state index contributed by atoms with van der Waals surface area (Å²) in [5.74, 6) is 1.78. The van der Waals surface area contributed by atoms with Gasteiger partial charge in [-0.3, -0.25) is 0 Å². The Morgan fingerprint density at radius 2 is 2.33 bits per heavy atom. The second-order valence-corrected chi connectivity index (χ2v) is 3.19. The van der Waals surface area contributed by atoms with Crippen LogP contribution < -0.4 is 11.1 Å². The highest BCUT2D eigenvalue weighted by Gasteiger charge is 2.08. The zero-order chi connectivity index (χ0) is 10.7. The minimum absolute atomic E-state index is 0.0156. The predicted octanol–water partition coefficient (Wildman–Crippen LogP) is 1.82. The number of anilines is 2. The molecule has 1 atom stereocenters. The molecule has 0 aromatic carbocycles. The molecule has 0 fully saturated rings. The molecule has 0 aliphatic carbocycles. The van der Waals surface area contributed by atoms with Crippen molar-refractivity contribution in [1.29, 1.82) is 0 Å². The van der Waals surface area contributed by atoms with Crippen molar-refractivity contribution in [3.8, 4) is 0 Å². The van der Waals surface area contributed by atoms with Gasteiger partial charge in [-0.2, -0.15) is 4.98 Å². The second-order valence-electron chi connectivity index (χ2n) is 3.19. The topological polar surface area (TPSA) is 77.0 Å². The fourth-order valence-electron chi connectivity index (χ4n) is 1.24. The molecular weight excluding hydrogens is 192 g/mol. The first-order chi connectivity index (χ1) is 7.25. The quantitative estimate of drug-likeness (QED) is 0.797. The Morgan fingerprint density at radius 3 is 3.00 bits per heavy atom. The second kappa shape index (κ2) is 4.00. The van der Waals surface area contributed by atoms with E-state index in [2.05, 4.69) is 15.3 Å². The van der Waals surface area contributed by atoms with Gasteiger partial charge in [0.25, 0.3) is 0 Å². The average molecular weight is 204 g/mol. The molecule has 2 aromatic heterocycles. The van der Waals surface area contributed by atoms with Gasteiger partial charge in [-0.25, -0.2) is 4.98 Å². The van der Waals surface area contributed by atoms with Crippen molar-refractivity contribution in [2.75, 3.05) is 11.1 Å². The van der Waals surface area contributed by atoms with Crippen molar-refractivity contribution in [3.05, 3.63) is 36.4 Å². The number of hydrogen-bond acceptors (Lipinski definition) is 5. The van der Waals surface area contributed by atoms with E-state index in [1.165, 1.54) is 0 Å². The fraction of sp³-hybridized carbons (Fsp3) is 0.200. The van der Waals surface area contributed by atoms with Crippen LogP contribution in [0.4, 0.5) is 11.8 Å². The van der Waals surface area contributed by atoms with E-state index >= 15 is 0 Å². The maximum atomic E-state index is 5.54. The summed E-state index contributed by atoms with van der Waals surface area (Å²) in [4.78, 5) is 8.08. The molecule has 0 spiro atoms. The van der Waals surface area contributed by atoms with E-state index < -0.39 is 0 Å². The molecule has 2 rings (SSSR count). The molecule has 78 valence electrons. The Hall–Kier alpha value is -2.04. The highest BCUT2D eigenvalue weighted by molar-refractivity contribution is 5.36. The van der Waals surface area contributed by atoms with E-state index in [0.717, 1.165) is 5.76 Å². The van der Waals surface area contributed by atoms with Gasteiger partial charge >= 0.3 is 0 Å². The van der Waals surface area contributed by atoms with Crippen LogP contribution in [0.2, 0.25) is 0 Å². The van der Waals surface area contributed by atoms with Crippen LogP contribution in [-0.4, -0.2) is 9.97 Å². The number of nitrogens with one attached hydrogen (secondary N) is 1. The Bertz CT molecular complexity index is 427. The van der Waals surface area contributed by atoms with Crippen LogP contribution in [0, 0.1) is 0 Å². The van der Waals surface area contributed by atoms with E-state index in [-0.39, 0.29) is 6.04 Å². The predicted molar refractivity (Wildman–Crippen MR) is 57.2 cm³/mol. The van der Waals surface area contributed by atoms with Gasteiger partial charge in [-0.05, 0) is 25.1 Å². The van der Waals surface area contributed by atoms with Crippen LogP contribution in [0.25, 0.3) is 0 Å². The molecular formula is C10H12N4O. The number of aromatic nitrogens is 2. The molecule has 5 nitrogen and oxygen atoms in total. The molecule has 1 unspecified atom stereocenters. The smallest absolute Gasteiger partial charge is 0.225 e. The van der Waals surface area contributed by atoms with Crippen LogP contribution in [0.5, 0.6) is 0 Å². The zero-order valence-electron chi connectivity index (χ0n) is 8.34. The molecule has 2 heterocycles. The molecule has 15 heavy (non-hydrogen) atoms. The lowest BCUT2D eigenvalue weighted by atomic mass is 10.2. The molecule has 0 amide bonds. The number of furan rings is 1. The van der Waals surface area contributed by atoms with Crippen molar-refractivity contribution in [3.63, 3.8) is 0 Å². The standard InChI is InChI=1S/C10H12N4O/c1-7(8-3-2-6-15-8)13-10-12-5-4-9(11)14-10/h2-7H,1H3,(H3,11,12,13,14). The molecule has 0 saturated carbocycles. The van der Waals surface area contributed by atoms with Crippen LogP contribution in [0.1, 0.15) is 18.7 Å². The van der Waals surface area contributed by atoms with E-state index in [0.29, 0.717) is 11.8 Å². The number of nitrogen functional groups attached to an aromatic ring is 1. The Kier molecular flexibility index (Phi) is 2.53. The summed E-state index contributed by atoms with van der Waals surface area (Å²) in [7, 11) is 0. The monoisotopic (exact) mass is 204 g/mol. The van der Waals surface area contributed by atoms with Crippen molar-refractivity contribution in [1.82, 2.24) is 9.97 Å². The number of rotatable bonds is 3. The van der Waals surface area contributed by atoms with Gasteiger partial charge in [0.2, 0.25) is 5.95 Å². The average Bonchev–Trinajstić information content (AvgIpc) is 2.70. The van der Waals surface area contributed by atoms with E-state index in [9.17, 15) is 0 Å². The number of nitrogens with two attached hydrogens (primary N) is 1. The Morgan fingerprint density at radius 1 is 1.47 bits per heavy atom. The molecule has 0 saturated heterocycles. The molecule has 0 radical (unpaired) electrons. The van der Waals surface area contributed by atoms with Crippen molar-refractivity contribution in [2.45, 2.75) is 13.0 Å². The lowest BCUT2D eigenvalue weighted by Gasteiger charge is -2.10. The van der Waals surface area contributed by atoms with Crippen LogP contribution in [0.15, 0.2) is 35.1 Å². The number of nitrogens with zero attached hydrogens (tertiary/aromatic N) is 2. The number of hydrogen-bond donors (Lipinski definition) is 2. The van der Waals surface area contributed by atoms with Gasteiger partial charge in [0.15, 0.2) is 0 Å². The molecule has 0 aliphatic rings. The molecule has 0 bridgehead atoms. The third-order valence-corrected chi connectivity index (χ3v) is 1.99. The van der Waals surface area contributed by atoms with Crippen LogP contribution in [0.3, 0.4) is 0 Å². The Balaban J connectivity index is 2.09. The van der Waals surface area contributed by atoms with E-state index in [4.69, 9.17) is 10.2 Å². The van der Waals surface area contributed by atoms with Gasteiger partial charge in [-0.15, -0.1) is 0 Å². The zero-order valence-corrected chi connectivity index (χ0v) is 8.34. The van der Waals surface area contributed by atoms with Crippen molar-refractivity contribution < 1.29 is 4.42 Å². The van der Waals surface area contributed by atoms with Crippen molar-refractivity contribution >= 4 is 11.8 Å². The first-order valence-electron chi connectivity index (χ1n) is 4.64. The van der Waals surface area contributed by atoms with Gasteiger partial charge in [0, 0.05) is 6.20 Å². The van der Waals surface area contributed by atoms with E-state index in [1.54, 1.807) is 18.5 Å². The Labute approximate surface area is 87.3 Å². The molecule has 3 N–H and O–H groups in total. The van der Waals surface area contributed by atoms with Crippen LogP contribution in [-0.2, 0) is 0 Å². The third kappa shape index (κ3) is 2.25. The highest BCUT2D eigenvalue weighted by atomic mass is 16.3. The fourth-order valence-corrected chi connectivity index (χ4v) is 1.24. The van der Waals surface area contributed by atoms with Gasteiger partial charge in [0.1, 0.15) is 11.6 Å². The summed E-state index contributed by atoms with van der Waals surface area (Å²) >= 11 is 0. The first-order valence-corrected chi connectivity index (χ1v) is 4.64. The van der Waals surface area contributed by atoms with Crippen molar-refractivity contribution in [2.24, 2.45) is 0 Å². The van der Waals surface area contributed by atoms with Gasteiger partial charge in [0.05, 0.1) is 12.3 Å². The summed E-state index contributed by atoms with van der Waals surface area (Å²) in [6, 6.07) is 5.39. The van der Waals surface area contributed by atoms with Gasteiger partial charge < -0.3 is 15.5 Å². The largest absolute Gasteiger partial charge is 0.467 e. The van der Waals surface area contributed by atoms with E-state index in [1.807, 2.05) is 19.1 Å². The van der Waals surface area contributed by atoms with Crippen LogP contribution >= 0.6 is 0 Å².